The number of azide groups is 1. The Balaban J connectivity index is 1.04. The van der Waals surface area contributed by atoms with Gasteiger partial charge in [-0.15, -0.1) is 0 Å². The molecule has 6 aromatic carbocycles. The Bertz CT molecular complexity index is 3000. The van der Waals surface area contributed by atoms with Gasteiger partial charge in [0.25, 0.3) is 0 Å². The summed E-state index contributed by atoms with van der Waals surface area (Å²) in [5.41, 5.74) is 14.9. The number of carbonyl (C=O) groups is 2. The number of aliphatic hydroxyl groups is 1. The minimum Gasteiger partial charge on any atom is -0.387 e. The lowest BCUT2D eigenvalue weighted by Gasteiger charge is -2.52. The van der Waals surface area contributed by atoms with Gasteiger partial charge in [-0.25, -0.2) is 0 Å². The predicted octanol–water partition coefficient (Wildman–Crippen LogP) is 7.92. The van der Waals surface area contributed by atoms with Crippen molar-refractivity contribution >= 4 is 11.8 Å². The van der Waals surface area contributed by atoms with Gasteiger partial charge in [-0.3, -0.25) is 9.59 Å². The fourth-order valence-corrected chi connectivity index (χ4v) is 10.8. The molecule has 0 spiro atoms. The largest absolute Gasteiger partial charge is 0.387 e. The van der Waals surface area contributed by atoms with Crippen LogP contribution < -0.4 is 10.6 Å². The van der Waals surface area contributed by atoms with Crippen molar-refractivity contribution in [1.82, 2.24) is 10.6 Å². The molecule has 0 radical (unpaired) electrons. The van der Waals surface area contributed by atoms with E-state index in [1.165, 1.54) is 13.8 Å². The van der Waals surface area contributed by atoms with Gasteiger partial charge < -0.3 is 72.6 Å². The quantitative estimate of drug-likeness (QED) is 0.0280. The van der Waals surface area contributed by atoms with E-state index in [1.807, 2.05) is 182 Å². The first-order valence-corrected chi connectivity index (χ1v) is 28.2. The molecule has 0 bridgehead atoms. The van der Waals surface area contributed by atoms with E-state index in [0.717, 1.165) is 33.4 Å². The van der Waals surface area contributed by atoms with Gasteiger partial charge in [-0.2, -0.15) is 0 Å². The molecule has 0 aromatic heterocycles. The molecular weight excluding hydrogens is 1080 g/mol. The number of nitrogens with zero attached hydrogens (tertiary/aromatic N) is 3. The van der Waals surface area contributed by atoms with E-state index < -0.39 is 110 Å². The number of hydrogen-bond acceptors (Lipinski definition) is 16. The molecule has 0 saturated carbocycles. The van der Waals surface area contributed by atoms with Gasteiger partial charge in [0.1, 0.15) is 67.1 Å². The van der Waals surface area contributed by atoms with Crippen LogP contribution in [0.4, 0.5) is 0 Å². The van der Waals surface area contributed by atoms with Crippen molar-refractivity contribution in [2.45, 2.75) is 145 Å². The van der Waals surface area contributed by atoms with Crippen LogP contribution in [0.2, 0.25) is 0 Å². The summed E-state index contributed by atoms with van der Waals surface area (Å²) in [6.07, 6.45) is -15.9. The number of nitrogens with one attached hydrogen (secondary N) is 2. The molecule has 20 heteroatoms. The molecule has 4 aliphatic heterocycles. The minimum atomic E-state index is -1.43. The molecule has 1 unspecified atom stereocenters. The molecule has 0 aliphatic carbocycles. The van der Waals surface area contributed by atoms with E-state index in [2.05, 4.69) is 20.7 Å². The van der Waals surface area contributed by atoms with Crippen LogP contribution in [0.3, 0.4) is 0 Å². The second-order valence-electron chi connectivity index (χ2n) is 21.0. The van der Waals surface area contributed by atoms with Crippen LogP contribution in [-0.2, 0) is 99.5 Å². The first-order valence-electron chi connectivity index (χ1n) is 28.2. The monoisotopic (exact) mass is 1150 g/mol. The summed E-state index contributed by atoms with van der Waals surface area (Å²) in [5.74, 6) is -0.930. The Morgan fingerprint density at radius 2 is 0.940 bits per heavy atom. The fraction of sp³-hybridized carbons (Fsp3) is 0.406. The number of ether oxygens (including phenoxy) is 12. The zero-order valence-corrected chi connectivity index (χ0v) is 46.7. The summed E-state index contributed by atoms with van der Waals surface area (Å²) in [6.45, 7) is 2.93. The maximum absolute atomic E-state index is 13.8. The first kappa shape index (κ1) is 60.2. The molecule has 10 rings (SSSR count). The maximum atomic E-state index is 13.8. The molecular formula is C64H71N5O15. The summed E-state index contributed by atoms with van der Waals surface area (Å²) in [4.78, 5) is 30.1. The third kappa shape index (κ3) is 16.1. The smallest absolute Gasteiger partial charge is 0.217 e. The number of rotatable bonds is 25. The van der Waals surface area contributed by atoms with Crippen LogP contribution >= 0.6 is 0 Å². The van der Waals surface area contributed by atoms with Gasteiger partial charge in [0.2, 0.25) is 11.8 Å². The third-order valence-corrected chi connectivity index (χ3v) is 14.8. The van der Waals surface area contributed by atoms with Crippen molar-refractivity contribution in [3.63, 3.8) is 0 Å². The highest BCUT2D eigenvalue weighted by Crippen LogP contribution is 2.40. The van der Waals surface area contributed by atoms with Gasteiger partial charge in [0, 0.05) is 24.3 Å². The molecule has 3 N–H and O–H groups in total. The van der Waals surface area contributed by atoms with Gasteiger partial charge >= 0.3 is 0 Å². The average Bonchev–Trinajstić information content (AvgIpc) is 2.70. The Labute approximate surface area is 488 Å². The van der Waals surface area contributed by atoms with E-state index in [0.29, 0.717) is 0 Å². The Morgan fingerprint density at radius 1 is 0.524 bits per heavy atom. The van der Waals surface area contributed by atoms with Crippen molar-refractivity contribution in [1.29, 1.82) is 0 Å². The highest BCUT2D eigenvalue weighted by Gasteiger charge is 2.57. The number of aliphatic hydroxyl groups excluding tert-OH is 1. The molecule has 6 aromatic rings. The lowest BCUT2D eigenvalue weighted by Crippen LogP contribution is -2.71. The standard InChI is InChI=1S/C64H71N5O15/c1-41(70)66-52-58(75-35-45-25-13-5-14-26-45)56(49(79-61(52)68-69-65)38-73-33-43-21-9-3-10-22-43)83-63-53(67-42(2)71)59(76-36-46-27-15-6-16-28-46)57(50(80-63)39-74-34-44-23-11-4-12-24-44)84-64-60(77-37-47-29-17-7-18-30-47)54(72)55-51(81-64)40-78-62(82-55)48-31-19-8-20-32-48/h3-32,49-64,72H,33-40H2,1-2H3,(H,66,70)(H,67,71)/t49-,50-,51-,52-,53-,54+,55-,56-,57-,58-,59-,60+,61-,62?,63+,64+/m1/s1. The molecule has 84 heavy (non-hydrogen) atoms. The van der Waals surface area contributed by atoms with Crippen molar-refractivity contribution in [3.8, 4) is 0 Å². The van der Waals surface area contributed by atoms with Gasteiger partial charge in [-0.05, 0) is 33.3 Å². The molecule has 4 saturated heterocycles. The summed E-state index contributed by atoms with van der Waals surface area (Å²) in [6, 6.07) is 54.7. The maximum Gasteiger partial charge on any atom is 0.217 e. The number of fused-ring (bicyclic) bond motifs is 1. The lowest BCUT2D eigenvalue weighted by molar-refractivity contribution is -0.390. The highest BCUT2D eigenvalue weighted by atomic mass is 16.8. The summed E-state index contributed by atoms with van der Waals surface area (Å²) < 4.78 is 81.3. The molecule has 442 valence electrons. The molecule has 20 nitrogen and oxygen atoms in total. The average molecular weight is 1150 g/mol. The normalized spacial score (nSPS) is 29.4. The molecule has 4 fully saturated rings. The zero-order chi connectivity index (χ0) is 58.0. The Kier molecular flexibility index (Phi) is 21.7. The SMILES string of the molecule is CC(=O)N[C@@H]1[C@@H](OCc2ccccc2)[C@H](O[C@@H]2O[C@H](COCc3ccccc3)[C@@H](O[C@@H]3O[C@@H]4COC(c5ccccc5)O[C@H]4[C@H](O)[C@@H]3OCc3ccccc3)[C@H](OCc3ccccc3)[C@H]2NC(C)=O)[C@@H](COCc2ccccc2)O[C@H]1N=[N+]=[N-]. The number of amides is 2. The van der Waals surface area contributed by atoms with E-state index >= 15 is 0 Å². The number of carbonyl (C=O) groups excluding carboxylic acids is 2. The highest BCUT2D eigenvalue weighted by molar-refractivity contribution is 5.73. The first-order chi connectivity index (χ1) is 41.2. The second kappa shape index (κ2) is 30.2. The van der Waals surface area contributed by atoms with E-state index in [1.54, 1.807) is 0 Å². The fourth-order valence-electron chi connectivity index (χ4n) is 10.8. The molecule has 2 amide bonds. The van der Waals surface area contributed by atoms with Crippen molar-refractivity contribution in [2.24, 2.45) is 5.11 Å². The summed E-state index contributed by atoms with van der Waals surface area (Å²) in [5, 5.41) is 22.6. The second-order valence-corrected chi connectivity index (χ2v) is 21.0. The van der Waals surface area contributed by atoms with Gasteiger partial charge in [-0.1, -0.05) is 187 Å². The van der Waals surface area contributed by atoms with Crippen LogP contribution in [0, 0.1) is 0 Å². The summed E-state index contributed by atoms with van der Waals surface area (Å²) in [7, 11) is 0. The van der Waals surface area contributed by atoms with Gasteiger partial charge in [0.15, 0.2) is 25.1 Å². The van der Waals surface area contributed by atoms with Crippen molar-refractivity contribution < 1.29 is 71.5 Å². The van der Waals surface area contributed by atoms with Gasteiger partial charge in [0.05, 0.1) is 58.9 Å². The number of benzene rings is 6. The number of hydrogen-bond donors (Lipinski definition) is 3. The zero-order valence-electron chi connectivity index (χ0n) is 46.7. The van der Waals surface area contributed by atoms with Crippen molar-refractivity contribution in [2.75, 3.05) is 19.8 Å². The van der Waals surface area contributed by atoms with Crippen LogP contribution in [0.15, 0.2) is 187 Å². The van der Waals surface area contributed by atoms with E-state index in [-0.39, 0.29) is 52.9 Å². The molecule has 16 atom stereocenters. The lowest BCUT2D eigenvalue weighted by atomic mass is 9.93. The topological polar surface area (TPSA) is 238 Å². The Morgan fingerprint density at radius 3 is 1.42 bits per heavy atom. The van der Waals surface area contributed by atoms with Crippen LogP contribution in [0.5, 0.6) is 0 Å². The van der Waals surface area contributed by atoms with Crippen molar-refractivity contribution in [3.05, 3.63) is 226 Å². The predicted molar refractivity (Wildman–Crippen MR) is 303 cm³/mol. The minimum absolute atomic E-state index is 0.0187. The Hall–Kier alpha value is -6.95. The molecule has 4 heterocycles. The van der Waals surface area contributed by atoms with Crippen LogP contribution in [0.1, 0.15) is 53.5 Å². The van der Waals surface area contributed by atoms with E-state index in [4.69, 9.17) is 56.8 Å². The third-order valence-electron chi connectivity index (χ3n) is 14.8. The summed E-state index contributed by atoms with van der Waals surface area (Å²) >= 11 is 0. The van der Waals surface area contributed by atoms with Crippen LogP contribution in [-0.4, -0.2) is 129 Å². The van der Waals surface area contributed by atoms with E-state index in [9.17, 15) is 20.2 Å². The molecule has 4 aliphatic rings. The van der Waals surface area contributed by atoms with Crippen LogP contribution in [0.25, 0.3) is 10.4 Å².